The molecule has 1 saturated carbocycles. The van der Waals surface area contributed by atoms with Gasteiger partial charge in [-0.15, -0.1) is 0 Å². The van der Waals surface area contributed by atoms with Gasteiger partial charge in [0.05, 0.1) is 4.48 Å². The number of carbonyl (C=O) groups is 1. The summed E-state index contributed by atoms with van der Waals surface area (Å²) in [7, 11) is -1.77. The number of rotatable bonds is 2. The van der Waals surface area contributed by atoms with E-state index in [1.54, 1.807) is 0 Å². The third-order valence-corrected chi connectivity index (χ3v) is 11.2. The van der Waals surface area contributed by atoms with Crippen LogP contribution in [-0.4, -0.2) is 20.2 Å². The smallest absolute Gasteiger partial charge is 0.192 e. The minimum absolute atomic E-state index is 0.236. The summed E-state index contributed by atoms with van der Waals surface area (Å²) in [5, 5.41) is 0.236. The number of allylic oxidation sites excluding steroid dienone is 2. The van der Waals surface area contributed by atoms with Crippen molar-refractivity contribution in [3.05, 3.63) is 10.6 Å². The molecule has 0 bridgehead atoms. The Labute approximate surface area is 145 Å². The maximum atomic E-state index is 12.2. The summed E-state index contributed by atoms with van der Waals surface area (Å²) in [4.78, 5) is 12.2. The van der Waals surface area contributed by atoms with Crippen LogP contribution in [0.4, 0.5) is 0 Å². The highest BCUT2D eigenvalue weighted by atomic mass is 79.9. The molecule has 0 unspecified atom stereocenters. The van der Waals surface area contributed by atoms with Crippen molar-refractivity contribution >= 4 is 30.0 Å². The zero-order valence-corrected chi connectivity index (χ0v) is 17.5. The lowest BCUT2D eigenvalue weighted by Gasteiger charge is -2.46. The Balaban J connectivity index is 2.21. The second kappa shape index (κ2) is 6.52. The Hall–Kier alpha value is 0.0669. The Morgan fingerprint density at radius 1 is 1.27 bits per heavy atom. The van der Waals surface area contributed by atoms with Crippen LogP contribution >= 0.6 is 15.9 Å². The third-order valence-electron chi connectivity index (χ3n) is 5.96. The number of ketones is 1. The van der Waals surface area contributed by atoms with Crippen LogP contribution in [0.2, 0.25) is 18.1 Å². The van der Waals surface area contributed by atoms with Crippen LogP contribution in [0.5, 0.6) is 0 Å². The molecule has 4 atom stereocenters. The lowest BCUT2D eigenvalue weighted by Crippen LogP contribution is -2.49. The molecule has 0 aromatic heterocycles. The van der Waals surface area contributed by atoms with Crippen LogP contribution in [-0.2, 0) is 9.22 Å². The van der Waals surface area contributed by atoms with E-state index in [9.17, 15) is 4.79 Å². The summed E-state index contributed by atoms with van der Waals surface area (Å²) in [5.74, 6) is 1.91. The Morgan fingerprint density at radius 2 is 1.91 bits per heavy atom. The van der Waals surface area contributed by atoms with E-state index in [4.69, 9.17) is 4.43 Å². The molecule has 0 radical (unpaired) electrons. The van der Waals surface area contributed by atoms with Crippen LogP contribution in [0.3, 0.4) is 0 Å². The first kappa shape index (κ1) is 18.4. The first-order chi connectivity index (χ1) is 10.0. The number of hydrogen-bond donors (Lipinski definition) is 0. The molecule has 2 nitrogen and oxygen atoms in total. The van der Waals surface area contributed by atoms with E-state index in [1.165, 1.54) is 6.42 Å². The van der Waals surface area contributed by atoms with Gasteiger partial charge >= 0.3 is 0 Å². The molecular weight excluding hydrogens is 356 g/mol. The van der Waals surface area contributed by atoms with E-state index in [1.807, 2.05) is 0 Å². The van der Waals surface area contributed by atoms with Crippen LogP contribution in [0.25, 0.3) is 0 Å². The predicted octanol–water partition coefficient (Wildman–Crippen LogP) is 5.68. The van der Waals surface area contributed by atoms with Gasteiger partial charge in [-0.25, -0.2) is 0 Å². The van der Waals surface area contributed by atoms with Crippen molar-refractivity contribution in [1.82, 2.24) is 0 Å². The molecule has 126 valence electrons. The monoisotopic (exact) mass is 386 g/mol. The molecule has 0 N–H and O–H groups in total. The van der Waals surface area contributed by atoms with Gasteiger partial charge in [-0.2, -0.15) is 0 Å². The highest BCUT2D eigenvalue weighted by molar-refractivity contribution is 9.12. The van der Waals surface area contributed by atoms with Gasteiger partial charge < -0.3 is 4.43 Å². The van der Waals surface area contributed by atoms with Gasteiger partial charge in [-0.3, -0.25) is 4.79 Å². The Morgan fingerprint density at radius 3 is 2.50 bits per heavy atom. The molecule has 0 saturated heterocycles. The zero-order valence-electron chi connectivity index (χ0n) is 14.9. The first-order valence-electron chi connectivity index (χ1n) is 8.58. The molecule has 2 aliphatic rings. The van der Waals surface area contributed by atoms with Crippen LogP contribution in [0, 0.1) is 17.8 Å². The maximum Gasteiger partial charge on any atom is 0.192 e. The van der Waals surface area contributed by atoms with Crippen molar-refractivity contribution in [1.29, 1.82) is 0 Å². The molecule has 1 fully saturated rings. The summed E-state index contributed by atoms with van der Waals surface area (Å²) >= 11 is 3.45. The molecule has 0 heterocycles. The van der Waals surface area contributed by atoms with E-state index < -0.39 is 8.32 Å². The minimum Gasteiger partial charge on any atom is -0.414 e. The van der Waals surface area contributed by atoms with Gasteiger partial charge in [0, 0.05) is 12.5 Å². The van der Waals surface area contributed by atoms with E-state index in [2.05, 4.69) is 62.8 Å². The van der Waals surface area contributed by atoms with Gasteiger partial charge in [-0.05, 0) is 71.1 Å². The minimum atomic E-state index is -1.77. The summed E-state index contributed by atoms with van der Waals surface area (Å²) in [6, 6.07) is 0. The Bertz CT molecular complexity index is 464. The lowest BCUT2D eigenvalue weighted by atomic mass is 9.70. The largest absolute Gasteiger partial charge is 0.414 e. The topological polar surface area (TPSA) is 26.3 Å². The van der Waals surface area contributed by atoms with Crippen LogP contribution < -0.4 is 0 Å². The fourth-order valence-electron chi connectivity index (χ4n) is 3.62. The number of carbonyl (C=O) groups excluding carboxylic acids is 1. The third kappa shape index (κ3) is 3.93. The van der Waals surface area contributed by atoms with Crippen LogP contribution in [0.1, 0.15) is 53.4 Å². The van der Waals surface area contributed by atoms with Crippen molar-refractivity contribution < 1.29 is 9.22 Å². The summed E-state index contributed by atoms with van der Waals surface area (Å²) in [5.41, 5.74) is 0. The molecule has 4 heteroatoms. The predicted molar refractivity (Wildman–Crippen MR) is 98.7 cm³/mol. The molecule has 0 aromatic carbocycles. The maximum absolute atomic E-state index is 12.2. The van der Waals surface area contributed by atoms with Crippen molar-refractivity contribution in [2.45, 2.75) is 77.6 Å². The molecule has 0 aromatic rings. The van der Waals surface area contributed by atoms with E-state index in [-0.39, 0.29) is 10.8 Å². The SMILES string of the molecule is C[C@@H]1C[C@H]2CC(=O)C(Br)=CC[C@H]2[C@@H](O[Si](C)(C)C(C)(C)C)C1. The summed E-state index contributed by atoms with van der Waals surface area (Å²) < 4.78 is 7.57. The number of halogens is 1. The molecule has 0 amide bonds. The standard InChI is InChI=1S/C18H31BrO2Si/c1-12-9-13-11-16(20)15(19)8-7-14(13)17(10-12)21-22(5,6)18(2,3)4/h8,12-14,17H,7,9-11H2,1-6H3/t12-,13+,14-,17+/m1/s1. The molecule has 2 aliphatic carbocycles. The average Bonchev–Trinajstić information content (AvgIpc) is 2.47. The molecule has 22 heavy (non-hydrogen) atoms. The summed E-state index contributed by atoms with van der Waals surface area (Å²) in [6.45, 7) is 13.9. The number of hydrogen-bond acceptors (Lipinski definition) is 2. The van der Waals surface area contributed by atoms with Gasteiger partial charge in [0.25, 0.3) is 0 Å². The second-order valence-electron chi connectivity index (χ2n) is 8.83. The summed E-state index contributed by atoms with van der Waals surface area (Å²) in [6.07, 6.45) is 6.38. The van der Waals surface area contributed by atoms with Crippen molar-refractivity contribution in [2.24, 2.45) is 17.8 Å². The fraction of sp³-hybridized carbons (Fsp3) is 0.833. The normalized spacial score (nSPS) is 34.0. The molecule has 0 aliphatic heterocycles. The average molecular weight is 387 g/mol. The van der Waals surface area contributed by atoms with Crippen molar-refractivity contribution in [3.8, 4) is 0 Å². The molecule has 2 rings (SSSR count). The highest BCUT2D eigenvalue weighted by Crippen LogP contribution is 2.46. The van der Waals surface area contributed by atoms with Gasteiger partial charge in [0.15, 0.2) is 14.1 Å². The quantitative estimate of drug-likeness (QED) is 0.570. The second-order valence-corrected chi connectivity index (χ2v) is 14.4. The van der Waals surface area contributed by atoms with E-state index in [0.29, 0.717) is 30.3 Å². The lowest BCUT2D eigenvalue weighted by molar-refractivity contribution is -0.116. The number of fused-ring (bicyclic) bond motifs is 1. The van der Waals surface area contributed by atoms with Crippen molar-refractivity contribution in [3.63, 3.8) is 0 Å². The Kier molecular flexibility index (Phi) is 5.46. The molecule has 0 spiro atoms. The van der Waals surface area contributed by atoms with Crippen molar-refractivity contribution in [2.75, 3.05) is 0 Å². The highest BCUT2D eigenvalue weighted by Gasteiger charge is 2.45. The fourth-order valence-corrected chi connectivity index (χ4v) is 5.35. The van der Waals surface area contributed by atoms with E-state index >= 15 is 0 Å². The molecular formula is C18H31BrO2Si. The van der Waals surface area contributed by atoms with Gasteiger partial charge in [-0.1, -0.05) is 33.8 Å². The van der Waals surface area contributed by atoms with Gasteiger partial charge in [0.1, 0.15) is 0 Å². The first-order valence-corrected chi connectivity index (χ1v) is 12.3. The number of Topliss-reactive ketones (excluding diaryl/α,β-unsaturated/α-hetero) is 1. The zero-order chi connectivity index (χ0) is 16.7. The van der Waals surface area contributed by atoms with Gasteiger partial charge in [0.2, 0.25) is 0 Å². The van der Waals surface area contributed by atoms with E-state index in [0.717, 1.165) is 17.3 Å². The van der Waals surface area contributed by atoms with Crippen LogP contribution in [0.15, 0.2) is 10.6 Å².